The summed E-state index contributed by atoms with van der Waals surface area (Å²) in [6, 6.07) is 13.7. The van der Waals surface area contributed by atoms with Crippen LogP contribution in [-0.4, -0.2) is 28.5 Å². The van der Waals surface area contributed by atoms with E-state index >= 15 is 0 Å². The van der Waals surface area contributed by atoms with Crippen molar-refractivity contribution in [1.29, 1.82) is 0 Å². The third-order valence-electron chi connectivity index (χ3n) is 6.10. The smallest absolute Gasteiger partial charge is 0.273 e. The van der Waals surface area contributed by atoms with Gasteiger partial charge < -0.3 is 14.6 Å². The third kappa shape index (κ3) is 4.57. The Morgan fingerprint density at radius 3 is 2.88 bits per heavy atom. The van der Waals surface area contributed by atoms with Gasteiger partial charge in [0.2, 0.25) is 11.9 Å². The van der Waals surface area contributed by atoms with Crippen LogP contribution in [0.4, 0.5) is 5.95 Å². The summed E-state index contributed by atoms with van der Waals surface area (Å²) in [4.78, 5) is 33.2. The number of amides is 1. The van der Waals surface area contributed by atoms with Crippen LogP contribution in [0, 0.1) is 12.8 Å². The Bertz CT molecular complexity index is 1310. The number of benzene rings is 1. The molecular weight excluding hydrogens is 436 g/mol. The molecule has 0 aliphatic carbocycles. The highest BCUT2D eigenvalue weighted by Crippen LogP contribution is 2.25. The number of nitrogens with zero attached hydrogens (tertiary/aromatic N) is 3. The van der Waals surface area contributed by atoms with E-state index in [9.17, 15) is 9.59 Å². The number of carbonyl (C=O) groups excluding carboxylic acids is 1. The first kappa shape index (κ1) is 21.5. The van der Waals surface area contributed by atoms with Crippen molar-refractivity contribution in [3.63, 3.8) is 0 Å². The summed E-state index contributed by atoms with van der Waals surface area (Å²) in [5, 5.41) is 4.88. The van der Waals surface area contributed by atoms with Crippen molar-refractivity contribution in [3.05, 3.63) is 81.3 Å². The molecule has 3 aromatic heterocycles. The predicted octanol–water partition coefficient (Wildman–Crippen LogP) is 3.94. The first-order chi connectivity index (χ1) is 16.1. The lowest BCUT2D eigenvalue weighted by Gasteiger charge is -2.34. The minimum atomic E-state index is -0.170. The summed E-state index contributed by atoms with van der Waals surface area (Å²) in [5.74, 6) is 1.19. The molecule has 1 amide bonds. The highest BCUT2D eigenvalue weighted by atomic mass is 32.1. The zero-order valence-corrected chi connectivity index (χ0v) is 19.3. The van der Waals surface area contributed by atoms with Gasteiger partial charge in [0.25, 0.3) is 5.56 Å². The molecule has 0 radical (unpaired) electrons. The van der Waals surface area contributed by atoms with Crippen LogP contribution >= 0.6 is 11.3 Å². The van der Waals surface area contributed by atoms with E-state index in [1.54, 1.807) is 10.8 Å². The van der Waals surface area contributed by atoms with Crippen LogP contribution in [-0.2, 0) is 17.9 Å². The molecule has 1 aliphatic heterocycles. The molecule has 4 heterocycles. The third-order valence-corrected chi connectivity index (χ3v) is 6.99. The Hall–Kier alpha value is -3.39. The predicted molar refractivity (Wildman–Crippen MR) is 130 cm³/mol. The van der Waals surface area contributed by atoms with Gasteiger partial charge in [0.05, 0.1) is 30.8 Å². The van der Waals surface area contributed by atoms with Crippen molar-refractivity contribution in [2.45, 2.75) is 32.9 Å². The number of aryl methyl sites for hydroxylation is 1. The van der Waals surface area contributed by atoms with E-state index in [2.05, 4.69) is 22.3 Å². The molecule has 7 nitrogen and oxygen atoms in total. The van der Waals surface area contributed by atoms with Crippen molar-refractivity contribution < 1.29 is 9.21 Å². The van der Waals surface area contributed by atoms with Crippen LogP contribution in [0.5, 0.6) is 0 Å². The lowest BCUT2D eigenvalue weighted by Crippen LogP contribution is -2.45. The SMILES string of the molecule is Cc1ccc(Cn2c(N3CCC[C@H](C(=O)NCc4ccco4)C3)nc3ccsc3c2=O)cc1. The molecule has 5 rings (SSSR count). The molecule has 33 heavy (non-hydrogen) atoms. The number of furan rings is 1. The van der Waals surface area contributed by atoms with Gasteiger partial charge in [-0.1, -0.05) is 29.8 Å². The fraction of sp³-hybridized carbons (Fsp3) is 0.320. The fourth-order valence-corrected chi connectivity index (χ4v) is 5.08. The van der Waals surface area contributed by atoms with Crippen LogP contribution in [0.1, 0.15) is 29.7 Å². The Morgan fingerprint density at radius 1 is 1.24 bits per heavy atom. The molecule has 1 fully saturated rings. The standard InChI is InChI=1S/C25H26N4O3S/c1-17-6-8-18(9-7-17)15-29-24(31)22-21(10-13-33-22)27-25(29)28-11-2-4-19(16-28)23(30)26-14-20-5-3-12-32-20/h3,5-10,12-13,19H,2,4,11,14-16H2,1H3,(H,26,30)/t19-/m0/s1. The monoisotopic (exact) mass is 462 g/mol. The van der Waals surface area contributed by atoms with Crippen molar-refractivity contribution in [2.75, 3.05) is 18.0 Å². The maximum absolute atomic E-state index is 13.4. The van der Waals surface area contributed by atoms with Crippen molar-refractivity contribution in [3.8, 4) is 0 Å². The van der Waals surface area contributed by atoms with Gasteiger partial charge in [-0.15, -0.1) is 11.3 Å². The number of piperidine rings is 1. The average Bonchev–Trinajstić information content (AvgIpc) is 3.53. The number of anilines is 1. The summed E-state index contributed by atoms with van der Waals surface area (Å²) >= 11 is 1.42. The van der Waals surface area contributed by atoms with E-state index in [1.807, 2.05) is 42.6 Å². The minimum absolute atomic E-state index is 0.000132. The molecule has 1 aromatic carbocycles. The molecule has 1 aliphatic rings. The van der Waals surface area contributed by atoms with Gasteiger partial charge in [0.1, 0.15) is 10.5 Å². The Kier molecular flexibility index (Phi) is 6.00. The second-order valence-electron chi connectivity index (χ2n) is 8.51. The van der Waals surface area contributed by atoms with Crippen LogP contribution in [0.3, 0.4) is 0 Å². The second-order valence-corrected chi connectivity index (χ2v) is 9.42. The molecule has 8 heteroatoms. The Balaban J connectivity index is 1.42. The van der Waals surface area contributed by atoms with Crippen molar-refractivity contribution >= 4 is 33.4 Å². The molecule has 170 valence electrons. The molecule has 0 unspecified atom stereocenters. The van der Waals surface area contributed by atoms with Crippen LogP contribution in [0.25, 0.3) is 10.2 Å². The molecular formula is C25H26N4O3S. The number of thiophene rings is 1. The number of aromatic nitrogens is 2. The van der Waals surface area contributed by atoms with E-state index in [4.69, 9.17) is 9.40 Å². The van der Waals surface area contributed by atoms with Crippen LogP contribution < -0.4 is 15.8 Å². The van der Waals surface area contributed by atoms with Gasteiger partial charge in [-0.3, -0.25) is 14.2 Å². The van der Waals surface area contributed by atoms with E-state index in [-0.39, 0.29) is 17.4 Å². The summed E-state index contributed by atoms with van der Waals surface area (Å²) in [6.45, 7) is 4.16. The summed E-state index contributed by atoms with van der Waals surface area (Å²) < 4.78 is 7.73. The fourth-order valence-electron chi connectivity index (χ4n) is 4.30. The molecule has 0 bridgehead atoms. The molecule has 1 N–H and O–H groups in total. The van der Waals surface area contributed by atoms with Crippen molar-refractivity contribution in [2.24, 2.45) is 5.92 Å². The number of rotatable bonds is 6. The number of fused-ring (bicyclic) bond motifs is 1. The van der Waals surface area contributed by atoms with Crippen LogP contribution in [0.2, 0.25) is 0 Å². The zero-order valence-electron chi connectivity index (χ0n) is 18.5. The maximum Gasteiger partial charge on any atom is 0.273 e. The van der Waals surface area contributed by atoms with Gasteiger partial charge in [-0.2, -0.15) is 0 Å². The van der Waals surface area contributed by atoms with E-state index < -0.39 is 0 Å². The first-order valence-electron chi connectivity index (χ1n) is 11.2. The molecule has 1 atom stereocenters. The minimum Gasteiger partial charge on any atom is -0.467 e. The Labute approximate surface area is 195 Å². The van der Waals surface area contributed by atoms with Crippen molar-refractivity contribution in [1.82, 2.24) is 14.9 Å². The topological polar surface area (TPSA) is 80.4 Å². The van der Waals surface area contributed by atoms with Crippen LogP contribution in [0.15, 0.2) is 63.3 Å². The zero-order chi connectivity index (χ0) is 22.8. The first-order valence-corrected chi connectivity index (χ1v) is 12.0. The quantitative estimate of drug-likeness (QED) is 0.469. The number of hydrogen-bond donors (Lipinski definition) is 1. The number of carbonyl (C=O) groups is 1. The van der Waals surface area contributed by atoms with E-state index in [0.29, 0.717) is 35.8 Å². The maximum atomic E-state index is 13.4. The summed E-state index contributed by atoms with van der Waals surface area (Å²) in [5.41, 5.74) is 2.91. The largest absolute Gasteiger partial charge is 0.467 e. The molecule has 4 aromatic rings. The molecule has 0 saturated carbocycles. The summed E-state index contributed by atoms with van der Waals surface area (Å²) in [6.07, 6.45) is 3.27. The average molecular weight is 463 g/mol. The summed E-state index contributed by atoms with van der Waals surface area (Å²) in [7, 11) is 0. The highest BCUT2D eigenvalue weighted by Gasteiger charge is 2.29. The number of hydrogen-bond acceptors (Lipinski definition) is 6. The van der Waals surface area contributed by atoms with E-state index in [0.717, 1.165) is 30.7 Å². The van der Waals surface area contributed by atoms with Gasteiger partial charge in [0, 0.05) is 13.1 Å². The van der Waals surface area contributed by atoms with Gasteiger partial charge in [-0.25, -0.2) is 4.98 Å². The normalized spacial score (nSPS) is 16.3. The van der Waals surface area contributed by atoms with Gasteiger partial charge in [-0.05, 0) is 48.9 Å². The molecule has 0 spiro atoms. The van der Waals surface area contributed by atoms with Gasteiger partial charge >= 0.3 is 0 Å². The lowest BCUT2D eigenvalue weighted by molar-refractivity contribution is -0.125. The second kappa shape index (κ2) is 9.23. The van der Waals surface area contributed by atoms with E-state index in [1.165, 1.54) is 16.9 Å². The highest BCUT2D eigenvalue weighted by molar-refractivity contribution is 7.17. The lowest BCUT2D eigenvalue weighted by atomic mass is 9.97. The van der Waals surface area contributed by atoms with Gasteiger partial charge in [0.15, 0.2) is 0 Å². The Morgan fingerprint density at radius 2 is 2.09 bits per heavy atom. The number of nitrogens with one attached hydrogen (secondary N) is 1. The molecule has 1 saturated heterocycles.